The molecule has 1 aromatic rings. The third kappa shape index (κ3) is 3.74. The fourth-order valence-electron chi connectivity index (χ4n) is 2.25. The summed E-state index contributed by atoms with van der Waals surface area (Å²) in [5.41, 5.74) is 1.12. The van der Waals surface area contributed by atoms with Gasteiger partial charge in [-0.1, -0.05) is 6.42 Å². The average molecular weight is 259 g/mol. The van der Waals surface area contributed by atoms with Gasteiger partial charge in [-0.2, -0.15) is 0 Å². The standard InChI is InChI=1S/C12H19F2N3O/c13-12(14)8-18-6-5-17-9-15-7-11(17)10-3-1-2-4-16-10/h7,9-10,12,16H,1-6,8H2. The minimum absolute atomic E-state index is 0.292. The number of hydrogen-bond acceptors (Lipinski definition) is 3. The highest BCUT2D eigenvalue weighted by Crippen LogP contribution is 2.22. The average Bonchev–Trinajstić information content (AvgIpc) is 2.84. The van der Waals surface area contributed by atoms with Gasteiger partial charge in [-0.15, -0.1) is 0 Å². The molecule has 2 rings (SSSR count). The second-order valence-corrected chi connectivity index (χ2v) is 4.48. The van der Waals surface area contributed by atoms with Gasteiger partial charge in [0.25, 0.3) is 6.43 Å². The maximum atomic E-state index is 11.9. The van der Waals surface area contributed by atoms with Gasteiger partial charge in [0.15, 0.2) is 0 Å². The zero-order valence-electron chi connectivity index (χ0n) is 10.3. The second-order valence-electron chi connectivity index (χ2n) is 4.48. The molecule has 1 unspecified atom stereocenters. The Morgan fingerprint density at radius 1 is 1.50 bits per heavy atom. The van der Waals surface area contributed by atoms with Crippen molar-refractivity contribution in [3.63, 3.8) is 0 Å². The zero-order chi connectivity index (χ0) is 12.8. The van der Waals surface area contributed by atoms with Crippen LogP contribution in [0.1, 0.15) is 31.0 Å². The summed E-state index contributed by atoms with van der Waals surface area (Å²) in [5, 5.41) is 3.45. The van der Waals surface area contributed by atoms with E-state index in [9.17, 15) is 8.78 Å². The molecule has 0 amide bonds. The normalized spacial score (nSPS) is 20.5. The lowest BCUT2D eigenvalue weighted by atomic mass is 10.0. The van der Waals surface area contributed by atoms with Crippen LogP contribution < -0.4 is 5.32 Å². The molecular formula is C12H19F2N3O. The molecule has 1 fully saturated rings. The molecule has 1 aliphatic rings. The van der Waals surface area contributed by atoms with Gasteiger partial charge >= 0.3 is 0 Å². The first-order valence-electron chi connectivity index (χ1n) is 6.36. The molecule has 102 valence electrons. The summed E-state index contributed by atoms with van der Waals surface area (Å²) >= 11 is 0. The van der Waals surface area contributed by atoms with Crippen LogP contribution in [0.15, 0.2) is 12.5 Å². The van der Waals surface area contributed by atoms with E-state index in [4.69, 9.17) is 4.74 Å². The van der Waals surface area contributed by atoms with Crippen LogP contribution in [-0.4, -0.2) is 35.7 Å². The number of nitrogens with zero attached hydrogens (tertiary/aromatic N) is 2. The van der Waals surface area contributed by atoms with Crippen molar-refractivity contribution < 1.29 is 13.5 Å². The lowest BCUT2D eigenvalue weighted by Gasteiger charge is -2.24. The lowest BCUT2D eigenvalue weighted by Crippen LogP contribution is -2.28. The van der Waals surface area contributed by atoms with Crippen LogP contribution in [0.2, 0.25) is 0 Å². The van der Waals surface area contributed by atoms with Gasteiger partial charge in [-0.25, -0.2) is 13.8 Å². The third-order valence-corrected chi connectivity index (χ3v) is 3.13. The van der Waals surface area contributed by atoms with E-state index in [2.05, 4.69) is 10.3 Å². The molecule has 1 aliphatic heterocycles. The third-order valence-electron chi connectivity index (χ3n) is 3.13. The van der Waals surface area contributed by atoms with Crippen molar-refractivity contribution in [2.45, 2.75) is 38.3 Å². The zero-order valence-corrected chi connectivity index (χ0v) is 10.3. The molecular weight excluding hydrogens is 240 g/mol. The molecule has 0 bridgehead atoms. The molecule has 2 heterocycles. The van der Waals surface area contributed by atoms with Crippen LogP contribution in [0.3, 0.4) is 0 Å². The molecule has 0 spiro atoms. The first-order chi connectivity index (χ1) is 8.77. The van der Waals surface area contributed by atoms with Crippen molar-refractivity contribution >= 4 is 0 Å². The SMILES string of the molecule is FC(F)COCCn1cncc1C1CCCCN1. The molecule has 1 aromatic heterocycles. The van der Waals surface area contributed by atoms with Crippen LogP contribution in [-0.2, 0) is 11.3 Å². The Bertz CT molecular complexity index is 351. The number of hydrogen-bond donors (Lipinski definition) is 1. The number of ether oxygens (including phenoxy) is 1. The summed E-state index contributed by atoms with van der Waals surface area (Å²) in [4.78, 5) is 4.13. The first-order valence-corrected chi connectivity index (χ1v) is 6.36. The van der Waals surface area contributed by atoms with E-state index in [0.717, 1.165) is 18.7 Å². The molecule has 1 atom stereocenters. The number of halogens is 2. The van der Waals surface area contributed by atoms with Crippen molar-refractivity contribution in [3.8, 4) is 0 Å². The van der Waals surface area contributed by atoms with Crippen molar-refractivity contribution in [1.29, 1.82) is 0 Å². The Morgan fingerprint density at radius 3 is 3.11 bits per heavy atom. The number of imidazole rings is 1. The smallest absolute Gasteiger partial charge is 0.261 e. The predicted octanol–water partition coefficient (Wildman–Crippen LogP) is 1.98. The summed E-state index contributed by atoms with van der Waals surface area (Å²) in [5.74, 6) is 0. The first kappa shape index (κ1) is 13.4. The van der Waals surface area contributed by atoms with Gasteiger partial charge in [0, 0.05) is 18.8 Å². The molecule has 0 aromatic carbocycles. The summed E-state index contributed by atoms with van der Waals surface area (Å²) in [6.45, 7) is 1.39. The van der Waals surface area contributed by atoms with Gasteiger partial charge in [-0.05, 0) is 19.4 Å². The topological polar surface area (TPSA) is 39.1 Å². The van der Waals surface area contributed by atoms with E-state index < -0.39 is 13.0 Å². The fourth-order valence-corrected chi connectivity index (χ4v) is 2.25. The van der Waals surface area contributed by atoms with Gasteiger partial charge in [0.1, 0.15) is 6.61 Å². The quantitative estimate of drug-likeness (QED) is 0.794. The molecule has 1 N–H and O–H groups in total. The van der Waals surface area contributed by atoms with Crippen LogP contribution in [0.4, 0.5) is 8.78 Å². The molecule has 6 heteroatoms. The van der Waals surface area contributed by atoms with E-state index >= 15 is 0 Å². The molecule has 18 heavy (non-hydrogen) atoms. The van der Waals surface area contributed by atoms with Crippen LogP contribution >= 0.6 is 0 Å². The maximum absolute atomic E-state index is 11.9. The predicted molar refractivity (Wildman–Crippen MR) is 63.6 cm³/mol. The summed E-state index contributed by atoms with van der Waals surface area (Å²) < 4.78 is 30.7. The number of nitrogens with one attached hydrogen (secondary N) is 1. The summed E-state index contributed by atoms with van der Waals surface area (Å²) in [6.07, 6.45) is 4.71. The summed E-state index contributed by atoms with van der Waals surface area (Å²) in [6, 6.07) is 0.330. The van der Waals surface area contributed by atoms with Gasteiger partial charge < -0.3 is 14.6 Å². The Labute approximate surface area is 105 Å². The summed E-state index contributed by atoms with van der Waals surface area (Å²) in [7, 11) is 0. The molecule has 1 saturated heterocycles. The van der Waals surface area contributed by atoms with E-state index in [1.807, 2.05) is 10.8 Å². The molecule has 0 aliphatic carbocycles. The van der Waals surface area contributed by atoms with Crippen LogP contribution in [0.5, 0.6) is 0 Å². The lowest BCUT2D eigenvalue weighted by molar-refractivity contribution is 0.0145. The van der Waals surface area contributed by atoms with Gasteiger partial charge in [-0.3, -0.25) is 0 Å². The largest absolute Gasteiger partial charge is 0.374 e. The number of rotatable bonds is 6. The van der Waals surface area contributed by atoms with Gasteiger partial charge in [0.2, 0.25) is 0 Å². The Kier molecular flexibility index (Phi) is 5.07. The Hall–Kier alpha value is -1.01. The monoisotopic (exact) mass is 259 g/mol. The van der Waals surface area contributed by atoms with E-state index in [-0.39, 0.29) is 0 Å². The van der Waals surface area contributed by atoms with Crippen LogP contribution in [0.25, 0.3) is 0 Å². The highest BCUT2D eigenvalue weighted by Gasteiger charge is 2.18. The highest BCUT2D eigenvalue weighted by atomic mass is 19.3. The van der Waals surface area contributed by atoms with Crippen LogP contribution in [0, 0.1) is 0 Å². The molecule has 4 nitrogen and oxygen atoms in total. The minimum atomic E-state index is -2.40. The maximum Gasteiger partial charge on any atom is 0.261 e. The fraction of sp³-hybridized carbons (Fsp3) is 0.750. The van der Waals surface area contributed by atoms with Crippen molar-refractivity contribution in [1.82, 2.24) is 14.9 Å². The minimum Gasteiger partial charge on any atom is -0.374 e. The number of alkyl halides is 2. The number of aromatic nitrogens is 2. The van der Waals surface area contributed by atoms with Crippen molar-refractivity contribution in [2.75, 3.05) is 19.8 Å². The van der Waals surface area contributed by atoms with E-state index in [1.165, 1.54) is 12.8 Å². The highest BCUT2D eigenvalue weighted by molar-refractivity contribution is 5.06. The van der Waals surface area contributed by atoms with Gasteiger partial charge in [0.05, 0.1) is 18.6 Å². The van der Waals surface area contributed by atoms with E-state index in [1.54, 1.807) is 6.33 Å². The van der Waals surface area contributed by atoms with Crippen molar-refractivity contribution in [2.24, 2.45) is 0 Å². The Balaban J connectivity index is 1.83. The van der Waals surface area contributed by atoms with E-state index in [0.29, 0.717) is 19.2 Å². The molecule has 0 saturated carbocycles. The Morgan fingerprint density at radius 2 is 2.39 bits per heavy atom. The second kappa shape index (κ2) is 6.80. The number of piperidine rings is 1. The van der Waals surface area contributed by atoms with Crippen molar-refractivity contribution in [3.05, 3.63) is 18.2 Å². The molecule has 0 radical (unpaired) electrons.